The van der Waals surface area contributed by atoms with E-state index in [9.17, 15) is 4.79 Å². The zero-order chi connectivity index (χ0) is 17.8. The number of nitrogens with one attached hydrogen (secondary N) is 1. The van der Waals surface area contributed by atoms with E-state index >= 15 is 0 Å². The predicted molar refractivity (Wildman–Crippen MR) is 110 cm³/mol. The van der Waals surface area contributed by atoms with Crippen LogP contribution in [0.25, 0.3) is 0 Å². The topological polar surface area (TPSA) is 54.5 Å². The standard InChI is InChI=1S/C20H25N3O2S.ClH/c24-20(19-12-15-14-25-11-7-18(15)26-19)23(13-16-4-1-2-9-22-16)17-5-3-8-21-10-6-17;/h1-2,4,9,12,17,21H,3,5-8,10-11,13-14H2;1H. The molecule has 5 nitrogen and oxygen atoms in total. The molecule has 1 fully saturated rings. The van der Waals surface area contributed by atoms with Crippen molar-refractivity contribution in [3.05, 3.63) is 51.5 Å². The molecule has 27 heavy (non-hydrogen) atoms. The van der Waals surface area contributed by atoms with Crippen LogP contribution in [0, 0.1) is 0 Å². The molecule has 1 amide bonds. The van der Waals surface area contributed by atoms with E-state index in [2.05, 4.69) is 10.3 Å². The summed E-state index contributed by atoms with van der Waals surface area (Å²) in [6.07, 6.45) is 5.85. The maximum atomic E-state index is 13.4. The van der Waals surface area contributed by atoms with Crippen molar-refractivity contribution < 1.29 is 9.53 Å². The fraction of sp³-hybridized carbons (Fsp3) is 0.500. The molecule has 0 radical (unpaired) electrons. The number of thiophene rings is 1. The Labute approximate surface area is 170 Å². The van der Waals surface area contributed by atoms with Gasteiger partial charge in [0.1, 0.15) is 0 Å². The number of halogens is 1. The van der Waals surface area contributed by atoms with Crippen LogP contribution in [0.15, 0.2) is 30.5 Å². The minimum absolute atomic E-state index is 0. The summed E-state index contributed by atoms with van der Waals surface area (Å²) in [5.41, 5.74) is 2.13. The van der Waals surface area contributed by atoms with Crippen molar-refractivity contribution >= 4 is 29.7 Å². The van der Waals surface area contributed by atoms with E-state index in [0.717, 1.165) is 56.0 Å². The molecule has 0 spiro atoms. The monoisotopic (exact) mass is 407 g/mol. The molecule has 0 saturated carbocycles. The molecule has 1 unspecified atom stereocenters. The average Bonchev–Trinajstić information content (AvgIpc) is 2.94. The Bertz CT molecular complexity index is 721. The van der Waals surface area contributed by atoms with Crippen molar-refractivity contribution in [2.45, 2.75) is 44.9 Å². The molecule has 0 aromatic carbocycles. The summed E-state index contributed by atoms with van der Waals surface area (Å²) in [5, 5.41) is 3.45. The van der Waals surface area contributed by atoms with Gasteiger partial charge in [0.05, 0.1) is 30.3 Å². The molecule has 0 bridgehead atoms. The molecule has 0 aliphatic carbocycles. The molecule has 1 N–H and O–H groups in total. The maximum Gasteiger partial charge on any atom is 0.264 e. The number of fused-ring (bicyclic) bond motifs is 1. The summed E-state index contributed by atoms with van der Waals surface area (Å²) in [4.78, 5) is 22.1. The van der Waals surface area contributed by atoms with Crippen LogP contribution >= 0.6 is 23.7 Å². The largest absolute Gasteiger partial charge is 0.376 e. The lowest BCUT2D eigenvalue weighted by Gasteiger charge is -2.30. The van der Waals surface area contributed by atoms with E-state index in [4.69, 9.17) is 4.74 Å². The molecule has 1 saturated heterocycles. The summed E-state index contributed by atoms with van der Waals surface area (Å²) >= 11 is 1.64. The Kier molecular flexibility index (Phi) is 7.24. The van der Waals surface area contributed by atoms with E-state index in [1.54, 1.807) is 17.5 Å². The molecule has 146 valence electrons. The zero-order valence-corrected chi connectivity index (χ0v) is 17.0. The molecule has 2 aliphatic heterocycles. The van der Waals surface area contributed by atoms with Crippen LogP contribution in [0.4, 0.5) is 0 Å². The first-order chi connectivity index (χ1) is 12.8. The van der Waals surface area contributed by atoms with Gasteiger partial charge >= 0.3 is 0 Å². The fourth-order valence-electron chi connectivity index (χ4n) is 3.74. The third-order valence-corrected chi connectivity index (χ3v) is 6.37. The number of aromatic nitrogens is 1. The number of rotatable bonds is 4. The highest BCUT2D eigenvalue weighted by molar-refractivity contribution is 7.14. The molecule has 2 aromatic heterocycles. The lowest BCUT2D eigenvalue weighted by atomic mass is 10.1. The second-order valence-corrected chi connectivity index (χ2v) is 8.09. The number of carbonyl (C=O) groups is 1. The SMILES string of the molecule is Cl.O=C(c1cc2c(s1)CCOC2)N(Cc1ccccn1)C1CCCNCC1. The van der Waals surface area contributed by atoms with Crippen molar-refractivity contribution in [1.29, 1.82) is 0 Å². The number of carbonyl (C=O) groups excluding carboxylic acids is 1. The fourth-order valence-corrected chi connectivity index (χ4v) is 4.84. The second-order valence-electron chi connectivity index (χ2n) is 6.95. The Balaban J connectivity index is 0.00000210. The van der Waals surface area contributed by atoms with Crippen LogP contribution in [0.2, 0.25) is 0 Å². The van der Waals surface area contributed by atoms with Gasteiger partial charge in [-0.25, -0.2) is 0 Å². The lowest BCUT2D eigenvalue weighted by molar-refractivity contribution is 0.0647. The van der Waals surface area contributed by atoms with Gasteiger partial charge in [-0.2, -0.15) is 0 Å². The average molecular weight is 408 g/mol. The third kappa shape index (κ3) is 4.88. The number of hydrogen-bond donors (Lipinski definition) is 1. The number of nitrogens with zero attached hydrogens (tertiary/aromatic N) is 2. The van der Waals surface area contributed by atoms with Crippen LogP contribution < -0.4 is 5.32 Å². The van der Waals surface area contributed by atoms with Crippen LogP contribution in [0.5, 0.6) is 0 Å². The summed E-state index contributed by atoms with van der Waals surface area (Å²) in [7, 11) is 0. The van der Waals surface area contributed by atoms with E-state index in [0.29, 0.717) is 13.2 Å². The van der Waals surface area contributed by atoms with Crippen molar-refractivity contribution in [2.75, 3.05) is 19.7 Å². The van der Waals surface area contributed by atoms with E-state index in [1.807, 2.05) is 29.2 Å². The van der Waals surface area contributed by atoms with Crippen molar-refractivity contribution in [2.24, 2.45) is 0 Å². The summed E-state index contributed by atoms with van der Waals surface area (Å²) in [6.45, 7) is 3.96. The van der Waals surface area contributed by atoms with Crippen LogP contribution in [-0.4, -0.2) is 41.5 Å². The lowest BCUT2D eigenvalue weighted by Crippen LogP contribution is -2.40. The Morgan fingerprint density at radius 2 is 2.26 bits per heavy atom. The maximum absolute atomic E-state index is 13.4. The number of hydrogen-bond acceptors (Lipinski definition) is 5. The normalized spacial score (nSPS) is 19.5. The molecule has 4 heterocycles. The van der Waals surface area contributed by atoms with Crippen molar-refractivity contribution in [3.63, 3.8) is 0 Å². The zero-order valence-electron chi connectivity index (χ0n) is 15.4. The van der Waals surface area contributed by atoms with Gasteiger partial charge in [-0.3, -0.25) is 9.78 Å². The predicted octanol–water partition coefficient (Wildman–Crippen LogP) is 3.42. The highest BCUT2D eigenvalue weighted by atomic mass is 35.5. The van der Waals surface area contributed by atoms with Crippen LogP contribution in [-0.2, 0) is 24.3 Å². The van der Waals surface area contributed by atoms with Crippen molar-refractivity contribution in [1.82, 2.24) is 15.2 Å². The van der Waals surface area contributed by atoms with E-state index in [-0.39, 0.29) is 24.4 Å². The third-order valence-electron chi connectivity index (χ3n) is 5.14. The van der Waals surface area contributed by atoms with Gasteiger partial charge in [-0.1, -0.05) is 6.07 Å². The van der Waals surface area contributed by atoms with E-state index in [1.165, 1.54) is 10.4 Å². The van der Waals surface area contributed by atoms with Gasteiger partial charge in [0.15, 0.2) is 0 Å². The molecular weight excluding hydrogens is 382 g/mol. The molecule has 2 aliphatic rings. The van der Waals surface area contributed by atoms with Gasteiger partial charge in [0.2, 0.25) is 0 Å². The van der Waals surface area contributed by atoms with Gasteiger partial charge < -0.3 is 15.0 Å². The summed E-state index contributed by atoms with van der Waals surface area (Å²) in [6, 6.07) is 8.21. The van der Waals surface area contributed by atoms with E-state index < -0.39 is 0 Å². The smallest absolute Gasteiger partial charge is 0.264 e. The molecular formula is C20H26ClN3O2S. The highest BCUT2D eigenvalue weighted by Gasteiger charge is 2.28. The van der Waals surface area contributed by atoms with Gasteiger partial charge in [0.25, 0.3) is 5.91 Å². The number of ether oxygens (including phenoxy) is 1. The summed E-state index contributed by atoms with van der Waals surface area (Å²) in [5.74, 6) is 0.141. The first-order valence-corrected chi connectivity index (χ1v) is 10.2. The number of pyridine rings is 1. The van der Waals surface area contributed by atoms with Gasteiger partial charge in [0, 0.05) is 23.5 Å². The highest BCUT2D eigenvalue weighted by Crippen LogP contribution is 2.29. The van der Waals surface area contributed by atoms with Gasteiger partial charge in [-0.15, -0.1) is 23.7 Å². The first kappa shape index (κ1) is 20.3. The minimum atomic E-state index is 0. The van der Waals surface area contributed by atoms with Crippen LogP contribution in [0.1, 0.15) is 45.1 Å². The van der Waals surface area contributed by atoms with Crippen molar-refractivity contribution in [3.8, 4) is 0 Å². The first-order valence-electron chi connectivity index (χ1n) is 9.42. The quantitative estimate of drug-likeness (QED) is 0.843. The molecule has 1 atom stereocenters. The minimum Gasteiger partial charge on any atom is -0.376 e. The summed E-state index contributed by atoms with van der Waals surface area (Å²) < 4.78 is 5.54. The Morgan fingerprint density at radius 3 is 3.07 bits per heavy atom. The molecule has 7 heteroatoms. The van der Waals surface area contributed by atoms with Gasteiger partial charge in [-0.05, 0) is 56.1 Å². The van der Waals surface area contributed by atoms with Crippen LogP contribution in [0.3, 0.4) is 0 Å². The molecule has 2 aromatic rings. The molecule has 4 rings (SSSR count). The Morgan fingerprint density at radius 1 is 1.33 bits per heavy atom. The number of amides is 1. The Hall–Kier alpha value is -1.47. The second kappa shape index (κ2) is 9.64.